The Hall–Kier alpha value is -2.99. The molecule has 1 heterocycles. The van der Waals surface area contributed by atoms with Crippen LogP contribution in [0.4, 0.5) is 0 Å². The van der Waals surface area contributed by atoms with Crippen molar-refractivity contribution in [3.8, 4) is 0 Å². The van der Waals surface area contributed by atoms with Crippen molar-refractivity contribution in [3.05, 3.63) is 18.2 Å². The molecule has 0 fully saturated rings. The number of nitrogens with two attached hydrogens (primary N) is 1. The van der Waals surface area contributed by atoms with Gasteiger partial charge in [-0.2, -0.15) is 0 Å². The molecule has 6 unspecified atom stereocenters. The number of carboxylic acid groups (broad SMARTS) is 1. The summed E-state index contributed by atoms with van der Waals surface area (Å²) in [5.74, 6) is -3.92. The second-order valence-electron chi connectivity index (χ2n) is 8.55. The van der Waals surface area contributed by atoms with E-state index in [1.54, 1.807) is 27.7 Å². The third kappa shape index (κ3) is 8.46. The first-order valence-electron chi connectivity index (χ1n) is 10.9. The number of carboxylic acids is 1. The van der Waals surface area contributed by atoms with Gasteiger partial charge in [-0.05, 0) is 18.8 Å². The molecule has 0 saturated carbocycles. The van der Waals surface area contributed by atoms with E-state index < -0.39 is 54.0 Å². The Balaban J connectivity index is 3.04. The number of imidazole rings is 1. The van der Waals surface area contributed by atoms with Crippen LogP contribution < -0.4 is 21.7 Å². The number of rotatable bonds is 13. The maximum Gasteiger partial charge on any atom is 0.326 e. The van der Waals surface area contributed by atoms with Crippen molar-refractivity contribution in [1.29, 1.82) is 0 Å². The normalized spacial score (nSPS) is 16.7. The SMILES string of the molecule is CCC(C)C(NC(=O)C(NC(=O)C(Cc1cnc[nH]1)NC(=O)C(N)C(C)C)C(C)O)C(=O)O. The van der Waals surface area contributed by atoms with Gasteiger partial charge in [0.1, 0.15) is 18.1 Å². The predicted molar refractivity (Wildman–Crippen MR) is 120 cm³/mol. The lowest BCUT2D eigenvalue weighted by Crippen LogP contribution is -2.61. The summed E-state index contributed by atoms with van der Waals surface area (Å²) in [6.07, 6.45) is 2.09. The number of hydrogen-bond donors (Lipinski definition) is 7. The molecule has 8 N–H and O–H groups in total. The molecule has 0 aliphatic carbocycles. The quantitative estimate of drug-likeness (QED) is 0.189. The summed E-state index contributed by atoms with van der Waals surface area (Å²) < 4.78 is 0. The molecule has 0 aromatic carbocycles. The van der Waals surface area contributed by atoms with E-state index in [1.165, 1.54) is 19.4 Å². The van der Waals surface area contributed by atoms with Crippen LogP contribution in [0.25, 0.3) is 0 Å². The number of aromatic nitrogens is 2. The Morgan fingerprint density at radius 3 is 2.09 bits per heavy atom. The molecule has 3 amide bonds. The molecule has 0 aliphatic rings. The average Bonchev–Trinajstić information content (AvgIpc) is 3.26. The molecule has 0 spiro atoms. The number of aromatic amines is 1. The van der Waals surface area contributed by atoms with Crippen molar-refractivity contribution in [2.24, 2.45) is 17.6 Å². The minimum atomic E-state index is -1.44. The summed E-state index contributed by atoms with van der Waals surface area (Å²) in [6.45, 7) is 8.27. The largest absolute Gasteiger partial charge is 0.480 e. The van der Waals surface area contributed by atoms with Gasteiger partial charge in [-0.1, -0.05) is 34.1 Å². The minimum Gasteiger partial charge on any atom is -0.480 e. The van der Waals surface area contributed by atoms with Gasteiger partial charge in [0.05, 0.1) is 18.5 Å². The molecule has 1 rings (SSSR count). The summed E-state index contributed by atoms with van der Waals surface area (Å²) in [7, 11) is 0. The lowest BCUT2D eigenvalue weighted by atomic mass is 9.98. The highest BCUT2D eigenvalue weighted by molar-refractivity contribution is 5.94. The monoisotopic (exact) mass is 468 g/mol. The standard InChI is InChI=1S/C21H36N6O6/c1-6-11(4)16(21(32)33)26-20(31)17(12(5)28)27-18(29)14(7-13-8-23-9-24-13)25-19(30)15(22)10(2)3/h8-12,14-17,28H,6-7,22H2,1-5H3,(H,23,24)(H,25,30)(H,26,31)(H,27,29)(H,32,33). The van der Waals surface area contributed by atoms with Gasteiger partial charge in [0.25, 0.3) is 0 Å². The van der Waals surface area contributed by atoms with Crippen molar-refractivity contribution in [3.63, 3.8) is 0 Å². The lowest BCUT2D eigenvalue weighted by molar-refractivity contribution is -0.144. The summed E-state index contributed by atoms with van der Waals surface area (Å²) in [6, 6.07) is -4.61. The van der Waals surface area contributed by atoms with Gasteiger partial charge in [0.2, 0.25) is 17.7 Å². The van der Waals surface area contributed by atoms with Gasteiger partial charge in [-0.3, -0.25) is 14.4 Å². The Morgan fingerprint density at radius 2 is 1.64 bits per heavy atom. The van der Waals surface area contributed by atoms with Crippen LogP contribution in [0.5, 0.6) is 0 Å². The fraction of sp³-hybridized carbons (Fsp3) is 0.667. The van der Waals surface area contributed by atoms with Gasteiger partial charge in [-0.15, -0.1) is 0 Å². The van der Waals surface area contributed by atoms with Crippen LogP contribution in [0.3, 0.4) is 0 Å². The minimum absolute atomic E-state index is 0.0289. The van der Waals surface area contributed by atoms with Crippen LogP contribution in [-0.2, 0) is 25.6 Å². The second-order valence-corrected chi connectivity index (χ2v) is 8.55. The number of aliphatic carboxylic acids is 1. The molecule has 6 atom stereocenters. The van der Waals surface area contributed by atoms with Gasteiger partial charge in [-0.25, -0.2) is 9.78 Å². The topological polar surface area (TPSA) is 200 Å². The van der Waals surface area contributed by atoms with Crippen molar-refractivity contribution in [1.82, 2.24) is 25.9 Å². The predicted octanol–water partition coefficient (Wildman–Crippen LogP) is -1.10. The highest BCUT2D eigenvalue weighted by atomic mass is 16.4. The number of nitrogens with zero attached hydrogens (tertiary/aromatic N) is 1. The zero-order valence-electron chi connectivity index (χ0n) is 19.7. The summed E-state index contributed by atoms with van der Waals surface area (Å²) >= 11 is 0. The van der Waals surface area contributed by atoms with Gasteiger partial charge in [0.15, 0.2) is 0 Å². The molecule has 0 saturated heterocycles. The molecule has 1 aromatic rings. The molecule has 186 valence electrons. The first-order chi connectivity index (χ1) is 15.4. The van der Waals surface area contributed by atoms with Crippen LogP contribution in [0.2, 0.25) is 0 Å². The van der Waals surface area contributed by atoms with Crippen molar-refractivity contribution >= 4 is 23.7 Å². The number of hydrogen-bond acceptors (Lipinski definition) is 7. The highest BCUT2D eigenvalue weighted by Gasteiger charge is 2.34. The Labute approximate surface area is 193 Å². The van der Waals surface area contributed by atoms with E-state index in [-0.39, 0.29) is 18.3 Å². The number of aliphatic hydroxyl groups is 1. The van der Waals surface area contributed by atoms with E-state index in [0.29, 0.717) is 12.1 Å². The molecule has 0 radical (unpaired) electrons. The first kappa shape index (κ1) is 28.0. The fourth-order valence-corrected chi connectivity index (χ4v) is 2.98. The van der Waals surface area contributed by atoms with Crippen molar-refractivity contribution in [2.75, 3.05) is 0 Å². The second kappa shape index (κ2) is 12.9. The summed E-state index contributed by atoms with van der Waals surface area (Å²) in [5, 5.41) is 26.9. The third-order valence-corrected chi connectivity index (χ3v) is 5.47. The summed E-state index contributed by atoms with van der Waals surface area (Å²) in [5.41, 5.74) is 6.43. The number of aliphatic hydroxyl groups excluding tert-OH is 1. The van der Waals surface area contributed by atoms with Crippen molar-refractivity contribution < 1.29 is 29.4 Å². The van der Waals surface area contributed by atoms with E-state index in [1.807, 2.05) is 0 Å². The molecule has 1 aromatic heterocycles. The van der Waals surface area contributed by atoms with Crippen LogP contribution in [0.1, 0.15) is 46.7 Å². The molecule has 12 nitrogen and oxygen atoms in total. The van der Waals surface area contributed by atoms with Gasteiger partial charge in [0, 0.05) is 18.3 Å². The molecular formula is C21H36N6O6. The zero-order chi connectivity index (χ0) is 25.3. The van der Waals surface area contributed by atoms with Crippen LogP contribution in [0, 0.1) is 11.8 Å². The smallest absolute Gasteiger partial charge is 0.326 e. The number of H-pyrrole nitrogens is 1. The zero-order valence-corrected chi connectivity index (χ0v) is 19.7. The van der Waals surface area contributed by atoms with Crippen molar-refractivity contribution in [2.45, 2.75) is 77.7 Å². The van der Waals surface area contributed by atoms with E-state index in [4.69, 9.17) is 5.73 Å². The third-order valence-electron chi connectivity index (χ3n) is 5.47. The van der Waals surface area contributed by atoms with Crippen LogP contribution >= 0.6 is 0 Å². The van der Waals surface area contributed by atoms with E-state index in [9.17, 15) is 29.4 Å². The van der Waals surface area contributed by atoms with Crippen LogP contribution in [0.15, 0.2) is 12.5 Å². The molecule has 0 bridgehead atoms. The lowest BCUT2D eigenvalue weighted by Gasteiger charge is -2.28. The summed E-state index contributed by atoms with van der Waals surface area (Å²) in [4.78, 5) is 56.5. The Kier molecular flexibility index (Phi) is 11.0. The average molecular weight is 469 g/mol. The van der Waals surface area contributed by atoms with Gasteiger partial charge < -0.3 is 36.9 Å². The van der Waals surface area contributed by atoms with E-state index >= 15 is 0 Å². The maximum atomic E-state index is 13.0. The van der Waals surface area contributed by atoms with E-state index in [0.717, 1.165) is 0 Å². The van der Waals surface area contributed by atoms with Gasteiger partial charge >= 0.3 is 5.97 Å². The Morgan fingerprint density at radius 1 is 1.03 bits per heavy atom. The first-order valence-corrected chi connectivity index (χ1v) is 10.9. The molecule has 33 heavy (non-hydrogen) atoms. The van der Waals surface area contributed by atoms with Crippen LogP contribution in [-0.4, -0.2) is 74.1 Å². The fourth-order valence-electron chi connectivity index (χ4n) is 2.98. The molecular weight excluding hydrogens is 432 g/mol. The highest BCUT2D eigenvalue weighted by Crippen LogP contribution is 2.09. The number of carbonyl (C=O) groups is 4. The number of nitrogens with one attached hydrogen (secondary N) is 4. The van der Waals surface area contributed by atoms with E-state index in [2.05, 4.69) is 25.9 Å². The maximum absolute atomic E-state index is 13.0. The number of amides is 3. The molecule has 0 aliphatic heterocycles. The molecule has 12 heteroatoms. The number of carbonyl (C=O) groups excluding carboxylic acids is 3. The Bertz CT molecular complexity index is 797.